The van der Waals surface area contributed by atoms with Crippen molar-refractivity contribution in [1.29, 1.82) is 0 Å². The van der Waals surface area contributed by atoms with Crippen molar-refractivity contribution in [2.45, 2.75) is 6.04 Å². The molecule has 1 amide bonds. The van der Waals surface area contributed by atoms with Gasteiger partial charge in [0.05, 0.1) is 0 Å². The number of hydrogen-bond donors (Lipinski definition) is 2. The lowest BCUT2D eigenvalue weighted by Crippen LogP contribution is -2.28. The zero-order valence-corrected chi connectivity index (χ0v) is 14.2. The van der Waals surface area contributed by atoms with Gasteiger partial charge in [-0.2, -0.15) is 0 Å². The number of nitrogens with one attached hydrogen (secondary N) is 1. The van der Waals surface area contributed by atoms with Crippen LogP contribution >= 0.6 is 43.5 Å². The third-order valence-corrected chi connectivity index (χ3v) is 4.06. The van der Waals surface area contributed by atoms with E-state index in [9.17, 15) is 4.79 Å². The van der Waals surface area contributed by atoms with Crippen LogP contribution in [0.1, 0.15) is 11.6 Å². The van der Waals surface area contributed by atoms with E-state index in [0.29, 0.717) is 10.6 Å². The minimum Gasteiger partial charge on any atom is -0.370 e. The first kappa shape index (κ1) is 15.4. The Morgan fingerprint density at radius 3 is 2.25 bits per heavy atom. The fraction of sp³-hybridized carbons (Fsp3) is 0.0714. The molecule has 0 aromatic heterocycles. The van der Waals surface area contributed by atoms with Crippen LogP contribution in [0.3, 0.4) is 0 Å². The van der Waals surface area contributed by atoms with E-state index in [1.807, 2.05) is 30.3 Å². The van der Waals surface area contributed by atoms with Gasteiger partial charge in [-0.05, 0) is 36.4 Å². The Kier molecular flexibility index (Phi) is 5.07. The predicted molar refractivity (Wildman–Crippen MR) is 88.9 cm³/mol. The van der Waals surface area contributed by atoms with Crippen molar-refractivity contribution < 1.29 is 4.79 Å². The largest absolute Gasteiger partial charge is 0.370 e. The number of halogens is 3. The summed E-state index contributed by atoms with van der Waals surface area (Å²) in [5.74, 6) is -0.489. The molecule has 1 unspecified atom stereocenters. The fourth-order valence-corrected chi connectivity index (χ4v) is 2.80. The molecular formula is C14H11Br2ClN2O. The third kappa shape index (κ3) is 3.75. The normalized spacial score (nSPS) is 11.9. The van der Waals surface area contributed by atoms with Gasteiger partial charge in [-0.15, -0.1) is 0 Å². The maximum Gasteiger partial charge on any atom is 0.244 e. The lowest BCUT2D eigenvalue weighted by Gasteiger charge is -2.18. The highest BCUT2D eigenvalue weighted by molar-refractivity contribution is 9.10. The lowest BCUT2D eigenvalue weighted by atomic mass is 10.1. The standard InChI is InChI=1S/C14H11Br2ClN2O/c15-8-1-4-10(5-2-8)19-13(14(18)20)11-6-3-9(16)7-12(11)17/h1-7,13,19H,(H2,18,20). The Labute approximate surface area is 138 Å². The van der Waals surface area contributed by atoms with Crippen molar-refractivity contribution in [3.8, 4) is 0 Å². The minimum atomic E-state index is -0.684. The summed E-state index contributed by atoms with van der Waals surface area (Å²) in [5.41, 5.74) is 6.90. The summed E-state index contributed by atoms with van der Waals surface area (Å²) in [5, 5.41) is 3.57. The van der Waals surface area contributed by atoms with Gasteiger partial charge in [0.15, 0.2) is 0 Å². The second kappa shape index (κ2) is 6.61. The van der Waals surface area contributed by atoms with Crippen molar-refractivity contribution in [3.63, 3.8) is 0 Å². The highest BCUT2D eigenvalue weighted by Crippen LogP contribution is 2.29. The molecule has 0 spiro atoms. The van der Waals surface area contributed by atoms with Crippen LogP contribution in [0.25, 0.3) is 0 Å². The van der Waals surface area contributed by atoms with E-state index in [-0.39, 0.29) is 0 Å². The first-order valence-electron chi connectivity index (χ1n) is 5.74. The SMILES string of the molecule is NC(=O)C(Nc1ccc(Br)cc1)c1ccc(Br)cc1Cl. The summed E-state index contributed by atoms with van der Waals surface area (Å²) < 4.78 is 1.80. The first-order valence-corrected chi connectivity index (χ1v) is 7.70. The number of benzene rings is 2. The van der Waals surface area contributed by atoms with Gasteiger partial charge in [0.25, 0.3) is 0 Å². The van der Waals surface area contributed by atoms with Gasteiger partial charge in [0, 0.05) is 25.2 Å². The molecule has 0 aliphatic rings. The van der Waals surface area contributed by atoms with Crippen molar-refractivity contribution in [1.82, 2.24) is 0 Å². The number of primary amides is 1. The van der Waals surface area contributed by atoms with E-state index in [4.69, 9.17) is 17.3 Å². The van der Waals surface area contributed by atoms with E-state index in [0.717, 1.165) is 14.6 Å². The molecule has 0 saturated carbocycles. The number of rotatable bonds is 4. The Morgan fingerprint density at radius 2 is 1.70 bits per heavy atom. The van der Waals surface area contributed by atoms with Gasteiger partial charge in [-0.25, -0.2) is 0 Å². The van der Waals surface area contributed by atoms with Gasteiger partial charge in [-0.1, -0.05) is 49.5 Å². The van der Waals surface area contributed by atoms with Gasteiger partial charge in [-0.3, -0.25) is 4.79 Å². The van der Waals surface area contributed by atoms with Crippen LogP contribution < -0.4 is 11.1 Å². The first-order chi connectivity index (χ1) is 9.47. The summed E-state index contributed by atoms with van der Waals surface area (Å²) in [6.07, 6.45) is 0. The number of nitrogens with two attached hydrogens (primary N) is 1. The molecule has 3 N–H and O–H groups in total. The van der Waals surface area contributed by atoms with Gasteiger partial charge >= 0.3 is 0 Å². The van der Waals surface area contributed by atoms with Crippen molar-refractivity contribution in [3.05, 3.63) is 62.0 Å². The minimum absolute atomic E-state index is 0.479. The summed E-state index contributed by atoms with van der Waals surface area (Å²) in [6.45, 7) is 0. The molecule has 0 radical (unpaired) electrons. The molecule has 2 rings (SSSR count). The molecule has 0 aliphatic carbocycles. The van der Waals surface area contributed by atoms with Crippen LogP contribution in [0.2, 0.25) is 5.02 Å². The van der Waals surface area contributed by atoms with E-state index in [2.05, 4.69) is 37.2 Å². The summed E-state index contributed by atoms with van der Waals surface area (Å²) in [7, 11) is 0. The van der Waals surface area contributed by atoms with Crippen LogP contribution in [0.4, 0.5) is 5.69 Å². The number of anilines is 1. The molecule has 104 valence electrons. The van der Waals surface area contributed by atoms with Crippen LogP contribution in [-0.4, -0.2) is 5.91 Å². The topological polar surface area (TPSA) is 55.1 Å². The molecule has 0 bridgehead atoms. The average molecular weight is 419 g/mol. The van der Waals surface area contributed by atoms with Crippen LogP contribution in [-0.2, 0) is 4.79 Å². The lowest BCUT2D eigenvalue weighted by molar-refractivity contribution is -0.118. The van der Waals surface area contributed by atoms with Crippen molar-refractivity contribution >= 4 is 55.1 Å². The van der Waals surface area contributed by atoms with Gasteiger partial charge < -0.3 is 11.1 Å². The maximum atomic E-state index is 11.7. The highest BCUT2D eigenvalue weighted by atomic mass is 79.9. The van der Waals surface area contributed by atoms with Crippen molar-refractivity contribution in [2.24, 2.45) is 5.73 Å². The fourth-order valence-electron chi connectivity index (χ4n) is 1.75. The van der Waals surface area contributed by atoms with Crippen molar-refractivity contribution in [2.75, 3.05) is 5.32 Å². The summed E-state index contributed by atoms with van der Waals surface area (Å²) in [4.78, 5) is 11.7. The number of carbonyl (C=O) groups excluding carboxylic acids is 1. The number of hydrogen-bond acceptors (Lipinski definition) is 2. The molecule has 6 heteroatoms. The molecule has 0 saturated heterocycles. The molecule has 0 heterocycles. The molecule has 20 heavy (non-hydrogen) atoms. The van der Waals surface area contributed by atoms with Crippen LogP contribution in [0.5, 0.6) is 0 Å². The second-order valence-corrected chi connectivity index (χ2v) is 6.39. The third-order valence-electron chi connectivity index (χ3n) is 2.71. The van der Waals surface area contributed by atoms with Gasteiger partial charge in [0.2, 0.25) is 5.91 Å². The molecule has 2 aromatic rings. The molecule has 0 fully saturated rings. The van der Waals surface area contributed by atoms with Crippen LogP contribution in [0, 0.1) is 0 Å². The monoisotopic (exact) mass is 416 g/mol. The quantitative estimate of drug-likeness (QED) is 0.768. The van der Waals surface area contributed by atoms with E-state index in [1.165, 1.54) is 0 Å². The molecular weight excluding hydrogens is 407 g/mol. The zero-order valence-electron chi connectivity index (χ0n) is 10.2. The zero-order chi connectivity index (χ0) is 14.7. The molecule has 0 aliphatic heterocycles. The smallest absolute Gasteiger partial charge is 0.244 e. The average Bonchev–Trinajstić information content (AvgIpc) is 2.39. The molecule has 2 aromatic carbocycles. The van der Waals surface area contributed by atoms with E-state index in [1.54, 1.807) is 12.1 Å². The predicted octanol–water partition coefficient (Wildman–Crippen LogP) is 4.50. The Morgan fingerprint density at radius 1 is 1.10 bits per heavy atom. The Hall–Kier alpha value is -1.04. The number of carbonyl (C=O) groups is 1. The number of amides is 1. The Bertz CT molecular complexity index is 632. The summed E-state index contributed by atoms with van der Waals surface area (Å²) in [6, 6.07) is 12.1. The maximum absolute atomic E-state index is 11.7. The summed E-state index contributed by atoms with van der Waals surface area (Å²) >= 11 is 12.9. The van der Waals surface area contributed by atoms with E-state index < -0.39 is 11.9 Å². The Balaban J connectivity index is 2.31. The molecule has 1 atom stereocenters. The molecule has 3 nitrogen and oxygen atoms in total. The second-order valence-electron chi connectivity index (χ2n) is 4.15. The van der Waals surface area contributed by atoms with Crippen LogP contribution in [0.15, 0.2) is 51.4 Å². The van der Waals surface area contributed by atoms with E-state index >= 15 is 0 Å². The highest BCUT2D eigenvalue weighted by Gasteiger charge is 2.20. The van der Waals surface area contributed by atoms with Gasteiger partial charge in [0.1, 0.15) is 6.04 Å².